The van der Waals surface area contributed by atoms with Crippen LogP contribution in [0.1, 0.15) is 36.1 Å². The molecular formula is C22H17F4NO3S3. The van der Waals surface area contributed by atoms with Gasteiger partial charge in [-0.15, -0.1) is 11.3 Å². The monoisotopic (exact) mass is 515 g/mol. The minimum atomic E-state index is -4.80. The molecule has 4 nitrogen and oxygen atoms in total. The van der Waals surface area contributed by atoms with Gasteiger partial charge in [-0.25, -0.2) is 4.39 Å². The summed E-state index contributed by atoms with van der Waals surface area (Å²) in [6, 6.07) is 4.35. The zero-order chi connectivity index (χ0) is 23.9. The molecule has 1 saturated heterocycles. The Morgan fingerprint density at radius 1 is 1.15 bits per heavy atom. The lowest BCUT2D eigenvalue weighted by atomic mass is 9.85. The molecule has 2 aliphatic rings. The van der Waals surface area contributed by atoms with Gasteiger partial charge in [0.25, 0.3) is 5.91 Å². The maximum absolute atomic E-state index is 13.6. The van der Waals surface area contributed by atoms with E-state index in [1.54, 1.807) is 22.4 Å². The van der Waals surface area contributed by atoms with Gasteiger partial charge in [0, 0.05) is 10.9 Å². The number of thiophene rings is 1. The molecule has 0 unspecified atom stereocenters. The van der Waals surface area contributed by atoms with Crippen molar-refractivity contribution in [2.75, 3.05) is 0 Å². The van der Waals surface area contributed by atoms with Gasteiger partial charge in [-0.1, -0.05) is 30.0 Å². The molecule has 0 spiro atoms. The normalized spacial score (nSPS) is 22.9. The fourth-order valence-corrected chi connectivity index (χ4v) is 6.32. The van der Waals surface area contributed by atoms with Crippen molar-refractivity contribution in [2.45, 2.75) is 37.9 Å². The fourth-order valence-electron chi connectivity index (χ4n) is 4.01. The molecule has 2 heterocycles. The molecule has 11 heteroatoms. The van der Waals surface area contributed by atoms with E-state index in [9.17, 15) is 27.2 Å². The van der Waals surface area contributed by atoms with Crippen molar-refractivity contribution in [1.29, 1.82) is 0 Å². The number of hydrogen-bond donors (Lipinski definition) is 1. The molecule has 0 radical (unpaired) electrons. The molecule has 1 aliphatic carbocycles. The van der Waals surface area contributed by atoms with Crippen LogP contribution in [0, 0.1) is 11.7 Å². The molecule has 1 aromatic heterocycles. The van der Waals surface area contributed by atoms with Crippen LogP contribution in [-0.2, 0) is 15.8 Å². The number of benzene rings is 1. The Morgan fingerprint density at radius 2 is 1.85 bits per heavy atom. The van der Waals surface area contributed by atoms with E-state index in [4.69, 9.17) is 17.3 Å². The van der Waals surface area contributed by atoms with E-state index in [2.05, 4.69) is 0 Å². The summed E-state index contributed by atoms with van der Waals surface area (Å²) >= 11 is 7.79. The van der Waals surface area contributed by atoms with Crippen molar-refractivity contribution in [2.24, 2.45) is 5.92 Å². The SMILES string of the molecule is O=C(O)C1CCC(N2C(=O)/C(=C/c3cc(-c4ccc(F)c(C(F)(F)F)c4)cs3)SC2=S)CC1. The number of carbonyl (C=O) groups excluding carboxylic acids is 1. The summed E-state index contributed by atoms with van der Waals surface area (Å²) in [5.41, 5.74) is -0.618. The van der Waals surface area contributed by atoms with Crippen LogP contribution >= 0.6 is 35.3 Å². The van der Waals surface area contributed by atoms with Crippen LogP contribution in [0.2, 0.25) is 0 Å². The maximum atomic E-state index is 13.6. The summed E-state index contributed by atoms with van der Waals surface area (Å²) in [5, 5.41) is 10.8. The van der Waals surface area contributed by atoms with Gasteiger partial charge in [-0.2, -0.15) is 13.2 Å². The Balaban J connectivity index is 1.52. The zero-order valence-corrected chi connectivity index (χ0v) is 19.3. The number of hydrogen-bond acceptors (Lipinski definition) is 5. The average molecular weight is 516 g/mol. The predicted octanol–water partition coefficient (Wildman–Crippen LogP) is 6.42. The molecule has 33 heavy (non-hydrogen) atoms. The number of rotatable bonds is 4. The molecular weight excluding hydrogens is 498 g/mol. The van der Waals surface area contributed by atoms with Gasteiger partial charge in [0.15, 0.2) is 0 Å². The van der Waals surface area contributed by atoms with Crippen molar-refractivity contribution in [3.05, 3.63) is 50.8 Å². The quantitative estimate of drug-likeness (QED) is 0.289. The lowest BCUT2D eigenvalue weighted by Gasteiger charge is -2.32. The number of halogens is 4. The molecule has 1 amide bonds. The predicted molar refractivity (Wildman–Crippen MR) is 123 cm³/mol. The van der Waals surface area contributed by atoms with Crippen LogP contribution < -0.4 is 0 Å². The molecule has 0 atom stereocenters. The number of carboxylic acid groups (broad SMARTS) is 1. The van der Waals surface area contributed by atoms with Crippen molar-refractivity contribution in [3.8, 4) is 11.1 Å². The third-order valence-electron chi connectivity index (χ3n) is 5.73. The summed E-state index contributed by atoms with van der Waals surface area (Å²) in [5.74, 6) is -2.80. The van der Waals surface area contributed by atoms with Crippen molar-refractivity contribution in [1.82, 2.24) is 4.90 Å². The highest BCUT2D eigenvalue weighted by molar-refractivity contribution is 8.26. The summed E-state index contributed by atoms with van der Waals surface area (Å²) in [6.45, 7) is 0. The number of carbonyl (C=O) groups is 2. The van der Waals surface area contributed by atoms with Crippen molar-refractivity contribution in [3.63, 3.8) is 0 Å². The standard InChI is InChI=1S/C22H17F4NO3S3/c23-17-6-3-12(8-16(17)22(24,25)26)13-7-15(32-10-13)9-18-19(28)27(21(31)33-18)14-4-1-11(2-5-14)20(29)30/h3,6-11,14H,1-2,4-5H2,(H,29,30)/b18-9-. The minimum absolute atomic E-state index is 0.141. The molecule has 2 aromatic rings. The summed E-state index contributed by atoms with van der Waals surface area (Å²) in [4.78, 5) is 26.7. The van der Waals surface area contributed by atoms with E-state index < -0.39 is 29.4 Å². The molecule has 174 valence electrons. The van der Waals surface area contributed by atoms with E-state index in [-0.39, 0.29) is 17.5 Å². The van der Waals surface area contributed by atoms with Crippen LogP contribution in [0.15, 0.2) is 34.6 Å². The minimum Gasteiger partial charge on any atom is -0.481 e. The molecule has 4 rings (SSSR count). The molecule has 2 fully saturated rings. The summed E-state index contributed by atoms with van der Waals surface area (Å²) in [6.07, 6.45) is -1.05. The number of carboxylic acids is 1. The van der Waals surface area contributed by atoms with Crippen LogP contribution in [0.3, 0.4) is 0 Å². The number of nitrogens with zero attached hydrogens (tertiary/aromatic N) is 1. The topological polar surface area (TPSA) is 57.6 Å². The maximum Gasteiger partial charge on any atom is 0.419 e. The van der Waals surface area contributed by atoms with Crippen molar-refractivity contribution >= 4 is 57.6 Å². The number of amides is 1. The number of thiocarbonyl (C=S) groups is 1. The third kappa shape index (κ3) is 4.99. The first-order valence-electron chi connectivity index (χ1n) is 10.00. The highest BCUT2D eigenvalue weighted by atomic mass is 32.2. The Kier molecular flexibility index (Phi) is 6.66. The number of aliphatic carboxylic acids is 1. The van der Waals surface area contributed by atoms with Gasteiger partial charge in [0.2, 0.25) is 0 Å². The fraction of sp³-hybridized carbons (Fsp3) is 0.318. The average Bonchev–Trinajstić information content (AvgIpc) is 3.32. The van der Waals surface area contributed by atoms with Crippen LogP contribution in [0.5, 0.6) is 0 Å². The Bertz CT molecular complexity index is 1150. The lowest BCUT2D eigenvalue weighted by Crippen LogP contribution is -2.41. The summed E-state index contributed by atoms with van der Waals surface area (Å²) in [7, 11) is 0. The second-order valence-electron chi connectivity index (χ2n) is 7.83. The highest BCUT2D eigenvalue weighted by Crippen LogP contribution is 2.40. The van der Waals surface area contributed by atoms with E-state index in [0.29, 0.717) is 45.3 Å². The van der Waals surface area contributed by atoms with E-state index in [1.807, 2.05) is 0 Å². The molecule has 1 aromatic carbocycles. The first-order valence-corrected chi connectivity index (χ1v) is 12.1. The van der Waals surface area contributed by atoms with Gasteiger partial charge in [0.05, 0.1) is 16.4 Å². The second-order valence-corrected chi connectivity index (χ2v) is 10.4. The molecule has 0 bridgehead atoms. The lowest BCUT2D eigenvalue weighted by molar-refractivity contribution is -0.143. The first-order chi connectivity index (χ1) is 15.5. The van der Waals surface area contributed by atoms with Gasteiger partial charge >= 0.3 is 12.1 Å². The number of alkyl halides is 3. The Hall–Kier alpha value is -2.24. The molecule has 1 N–H and O–H groups in total. The van der Waals surface area contributed by atoms with E-state index in [1.165, 1.54) is 17.4 Å². The highest BCUT2D eigenvalue weighted by Gasteiger charge is 2.39. The first kappa shape index (κ1) is 23.9. The zero-order valence-electron chi connectivity index (χ0n) is 16.9. The Morgan fingerprint density at radius 3 is 2.48 bits per heavy atom. The van der Waals surface area contributed by atoms with Crippen LogP contribution in [0.4, 0.5) is 17.6 Å². The van der Waals surface area contributed by atoms with Gasteiger partial charge in [-0.05, 0) is 66.5 Å². The van der Waals surface area contributed by atoms with Gasteiger partial charge < -0.3 is 5.11 Å². The molecule has 1 saturated carbocycles. The van der Waals surface area contributed by atoms with Crippen molar-refractivity contribution < 1.29 is 32.3 Å². The third-order valence-corrected chi connectivity index (χ3v) is 7.94. The largest absolute Gasteiger partial charge is 0.481 e. The summed E-state index contributed by atoms with van der Waals surface area (Å²) < 4.78 is 53.0. The van der Waals surface area contributed by atoms with Gasteiger partial charge in [-0.3, -0.25) is 14.5 Å². The Labute approximate surface area is 200 Å². The smallest absolute Gasteiger partial charge is 0.419 e. The second kappa shape index (κ2) is 9.19. The van der Waals surface area contributed by atoms with Gasteiger partial charge in [0.1, 0.15) is 10.1 Å². The van der Waals surface area contributed by atoms with Crippen LogP contribution in [0.25, 0.3) is 17.2 Å². The van der Waals surface area contributed by atoms with E-state index in [0.717, 1.165) is 23.9 Å². The van der Waals surface area contributed by atoms with Crippen LogP contribution in [-0.4, -0.2) is 32.2 Å². The number of thioether (sulfide) groups is 1. The van der Waals surface area contributed by atoms with E-state index >= 15 is 0 Å². The molecule has 1 aliphatic heterocycles.